The van der Waals surface area contributed by atoms with E-state index in [4.69, 9.17) is 11.6 Å². The summed E-state index contributed by atoms with van der Waals surface area (Å²) in [6.45, 7) is 0. The molecule has 1 atom stereocenters. The van der Waals surface area contributed by atoms with Crippen molar-refractivity contribution in [1.82, 2.24) is 10.3 Å². The molecule has 1 unspecified atom stereocenters. The van der Waals surface area contributed by atoms with E-state index in [1.807, 2.05) is 0 Å². The molecular weight excluding hydrogens is 250 g/mol. The number of nitrogens with zero attached hydrogens (tertiary/aromatic N) is 1. The molecule has 0 aliphatic carbocycles. The molecule has 16 heavy (non-hydrogen) atoms. The Morgan fingerprint density at radius 1 is 1.69 bits per heavy atom. The van der Waals surface area contributed by atoms with Crippen molar-refractivity contribution in [2.45, 2.75) is 6.04 Å². The number of nitrogens with one attached hydrogen (secondary N) is 2. The van der Waals surface area contributed by atoms with Crippen molar-refractivity contribution in [2.75, 3.05) is 11.1 Å². The van der Waals surface area contributed by atoms with Crippen LogP contribution in [0.5, 0.6) is 0 Å². The Morgan fingerprint density at radius 2 is 2.50 bits per heavy atom. The van der Waals surface area contributed by atoms with E-state index in [9.17, 15) is 9.59 Å². The Balaban J connectivity index is 1.99. The molecule has 2 heterocycles. The summed E-state index contributed by atoms with van der Waals surface area (Å²) in [6.07, 6.45) is 1.50. The van der Waals surface area contributed by atoms with Crippen LogP contribution in [0.3, 0.4) is 0 Å². The molecule has 0 saturated carbocycles. The molecular formula is C9H8ClN3O2S. The summed E-state index contributed by atoms with van der Waals surface area (Å²) < 4.78 is 0. The molecule has 0 aromatic carbocycles. The van der Waals surface area contributed by atoms with Crippen LogP contribution in [0.25, 0.3) is 0 Å². The first-order valence-electron chi connectivity index (χ1n) is 4.51. The quantitative estimate of drug-likeness (QED) is 0.788. The first-order valence-corrected chi connectivity index (χ1v) is 5.87. The van der Waals surface area contributed by atoms with Crippen molar-refractivity contribution < 1.29 is 9.59 Å². The van der Waals surface area contributed by atoms with E-state index < -0.39 is 6.04 Å². The summed E-state index contributed by atoms with van der Waals surface area (Å²) >= 11 is 6.77. The van der Waals surface area contributed by atoms with Crippen molar-refractivity contribution in [3.8, 4) is 0 Å². The summed E-state index contributed by atoms with van der Waals surface area (Å²) in [5.74, 6) is 0.198. The SMILES string of the molecule is O=C1NC(C(=O)Nc2ccnc(Cl)c2)CS1. The fourth-order valence-corrected chi connectivity index (χ4v) is 2.19. The van der Waals surface area contributed by atoms with E-state index >= 15 is 0 Å². The van der Waals surface area contributed by atoms with E-state index in [1.54, 1.807) is 12.1 Å². The highest BCUT2D eigenvalue weighted by molar-refractivity contribution is 8.14. The van der Waals surface area contributed by atoms with Gasteiger partial charge in [-0.25, -0.2) is 4.98 Å². The number of halogens is 1. The predicted octanol–water partition coefficient (Wildman–Crippen LogP) is 1.50. The number of rotatable bonds is 2. The molecule has 1 aromatic rings. The Hall–Kier alpha value is -1.27. The van der Waals surface area contributed by atoms with Gasteiger partial charge in [0, 0.05) is 17.6 Å². The number of amides is 2. The molecule has 1 fully saturated rings. The van der Waals surface area contributed by atoms with E-state index in [2.05, 4.69) is 15.6 Å². The fourth-order valence-electron chi connectivity index (χ4n) is 1.24. The Labute approximate surface area is 101 Å². The molecule has 0 bridgehead atoms. The molecule has 2 rings (SSSR count). The molecule has 1 aliphatic rings. The Bertz CT molecular complexity index is 441. The summed E-state index contributed by atoms with van der Waals surface area (Å²) in [5, 5.41) is 5.34. The Morgan fingerprint density at radius 3 is 3.12 bits per heavy atom. The van der Waals surface area contributed by atoms with Crippen molar-refractivity contribution in [3.63, 3.8) is 0 Å². The second-order valence-corrected chi connectivity index (χ2v) is 4.53. The number of aromatic nitrogens is 1. The van der Waals surface area contributed by atoms with Gasteiger partial charge in [0.15, 0.2) is 0 Å². The highest BCUT2D eigenvalue weighted by Gasteiger charge is 2.27. The van der Waals surface area contributed by atoms with E-state index in [1.165, 1.54) is 6.20 Å². The minimum Gasteiger partial charge on any atom is -0.334 e. The average molecular weight is 258 g/mol. The van der Waals surface area contributed by atoms with Crippen molar-refractivity contribution in [3.05, 3.63) is 23.5 Å². The third-order valence-corrected chi connectivity index (χ3v) is 3.07. The normalized spacial score (nSPS) is 19.3. The van der Waals surface area contributed by atoms with Crippen molar-refractivity contribution in [1.29, 1.82) is 0 Å². The summed E-state index contributed by atoms with van der Waals surface area (Å²) in [4.78, 5) is 26.4. The zero-order valence-corrected chi connectivity index (χ0v) is 9.64. The lowest BCUT2D eigenvalue weighted by Gasteiger charge is -2.09. The zero-order valence-electron chi connectivity index (χ0n) is 8.07. The molecule has 1 saturated heterocycles. The van der Waals surface area contributed by atoms with Gasteiger partial charge in [-0.1, -0.05) is 23.4 Å². The lowest BCUT2D eigenvalue weighted by molar-refractivity contribution is -0.117. The third kappa shape index (κ3) is 2.65. The van der Waals surface area contributed by atoms with Crippen LogP contribution in [0.2, 0.25) is 5.15 Å². The fraction of sp³-hybridized carbons (Fsp3) is 0.222. The summed E-state index contributed by atoms with van der Waals surface area (Å²) in [7, 11) is 0. The lowest BCUT2D eigenvalue weighted by Crippen LogP contribution is -2.38. The van der Waals surface area contributed by atoms with Gasteiger partial charge < -0.3 is 10.6 Å². The summed E-state index contributed by atoms with van der Waals surface area (Å²) in [6, 6.07) is 2.70. The van der Waals surface area contributed by atoms with Gasteiger partial charge in [-0.05, 0) is 12.1 Å². The van der Waals surface area contributed by atoms with Crippen LogP contribution in [0, 0.1) is 0 Å². The smallest absolute Gasteiger partial charge is 0.279 e. The van der Waals surface area contributed by atoms with Gasteiger partial charge in [0.25, 0.3) is 5.24 Å². The van der Waals surface area contributed by atoms with Gasteiger partial charge in [-0.15, -0.1) is 0 Å². The van der Waals surface area contributed by atoms with Crippen LogP contribution in [0.15, 0.2) is 18.3 Å². The average Bonchev–Trinajstić information content (AvgIpc) is 2.65. The maximum absolute atomic E-state index is 11.7. The van der Waals surface area contributed by atoms with Crippen LogP contribution in [-0.4, -0.2) is 27.9 Å². The largest absolute Gasteiger partial charge is 0.334 e. The second kappa shape index (κ2) is 4.71. The van der Waals surface area contributed by atoms with Gasteiger partial charge in [-0.2, -0.15) is 0 Å². The maximum atomic E-state index is 11.7. The van der Waals surface area contributed by atoms with Crippen LogP contribution < -0.4 is 10.6 Å². The van der Waals surface area contributed by atoms with Gasteiger partial charge in [0.1, 0.15) is 11.2 Å². The minimum absolute atomic E-state index is 0.173. The zero-order chi connectivity index (χ0) is 11.5. The molecule has 5 nitrogen and oxygen atoms in total. The Kier molecular flexibility index (Phi) is 3.31. The highest BCUT2D eigenvalue weighted by atomic mass is 35.5. The second-order valence-electron chi connectivity index (χ2n) is 3.15. The topological polar surface area (TPSA) is 71.1 Å². The van der Waals surface area contributed by atoms with Gasteiger partial charge >= 0.3 is 0 Å². The first-order chi connectivity index (χ1) is 7.65. The van der Waals surface area contributed by atoms with E-state index in [0.29, 0.717) is 16.6 Å². The van der Waals surface area contributed by atoms with Crippen LogP contribution >= 0.6 is 23.4 Å². The minimum atomic E-state index is -0.482. The first kappa shape index (κ1) is 11.2. The van der Waals surface area contributed by atoms with Crippen molar-refractivity contribution >= 4 is 40.2 Å². The number of thioether (sulfide) groups is 1. The molecule has 0 spiro atoms. The van der Waals surface area contributed by atoms with Gasteiger partial charge in [0.2, 0.25) is 5.91 Å². The number of anilines is 1. The molecule has 1 aliphatic heterocycles. The monoisotopic (exact) mass is 257 g/mol. The highest BCUT2D eigenvalue weighted by Crippen LogP contribution is 2.16. The molecule has 84 valence electrons. The number of hydrogen-bond acceptors (Lipinski definition) is 4. The van der Waals surface area contributed by atoms with Crippen molar-refractivity contribution in [2.24, 2.45) is 0 Å². The van der Waals surface area contributed by atoms with Gasteiger partial charge in [-0.3, -0.25) is 9.59 Å². The molecule has 0 radical (unpaired) electrons. The summed E-state index contributed by atoms with van der Waals surface area (Å²) in [5.41, 5.74) is 0.566. The number of pyridine rings is 1. The molecule has 1 aromatic heterocycles. The van der Waals surface area contributed by atoms with Crippen LogP contribution in [0.4, 0.5) is 10.5 Å². The number of hydrogen-bond donors (Lipinski definition) is 2. The number of carbonyl (C=O) groups excluding carboxylic acids is 2. The van der Waals surface area contributed by atoms with Crippen LogP contribution in [-0.2, 0) is 4.79 Å². The lowest BCUT2D eigenvalue weighted by atomic mass is 10.3. The van der Waals surface area contributed by atoms with E-state index in [-0.39, 0.29) is 11.1 Å². The van der Waals surface area contributed by atoms with E-state index in [0.717, 1.165) is 11.8 Å². The standard InChI is InChI=1S/C9H8ClN3O2S/c10-7-3-5(1-2-11-7)12-8(14)6-4-16-9(15)13-6/h1-3,6H,4H2,(H,13,15)(H,11,12,14). The third-order valence-electron chi connectivity index (χ3n) is 1.98. The molecule has 2 N–H and O–H groups in total. The predicted molar refractivity (Wildman–Crippen MR) is 62.7 cm³/mol. The van der Waals surface area contributed by atoms with Gasteiger partial charge in [0.05, 0.1) is 0 Å². The maximum Gasteiger partial charge on any atom is 0.279 e. The molecule has 7 heteroatoms. The number of carbonyl (C=O) groups is 2. The molecule has 2 amide bonds. The van der Waals surface area contributed by atoms with Crippen LogP contribution in [0.1, 0.15) is 0 Å².